The average molecular weight is 327 g/mol. The van der Waals surface area contributed by atoms with E-state index in [1.54, 1.807) is 7.11 Å². The van der Waals surface area contributed by atoms with Gasteiger partial charge in [-0.3, -0.25) is 9.69 Å². The molecular weight excluding hydrogens is 308 g/mol. The van der Waals surface area contributed by atoms with Gasteiger partial charge in [-0.1, -0.05) is 15.9 Å². The van der Waals surface area contributed by atoms with Crippen LogP contribution in [0.2, 0.25) is 0 Å². The number of rotatable bonds is 6. The second kappa shape index (κ2) is 6.39. The molecular formula is C14H19BrN2O2. The molecule has 19 heavy (non-hydrogen) atoms. The molecule has 5 heteroatoms. The van der Waals surface area contributed by atoms with Crippen LogP contribution in [0.5, 0.6) is 5.75 Å². The van der Waals surface area contributed by atoms with Gasteiger partial charge in [-0.25, -0.2) is 0 Å². The molecule has 0 aliphatic heterocycles. The molecule has 0 aromatic heterocycles. The van der Waals surface area contributed by atoms with Gasteiger partial charge in [0.15, 0.2) is 0 Å². The summed E-state index contributed by atoms with van der Waals surface area (Å²) in [4.78, 5) is 13.7. The van der Waals surface area contributed by atoms with E-state index in [1.807, 2.05) is 30.1 Å². The fourth-order valence-corrected chi connectivity index (χ4v) is 2.37. The van der Waals surface area contributed by atoms with Crippen molar-refractivity contribution < 1.29 is 9.53 Å². The zero-order valence-electron chi connectivity index (χ0n) is 11.3. The van der Waals surface area contributed by atoms with Crippen molar-refractivity contribution in [1.29, 1.82) is 0 Å². The Morgan fingerprint density at radius 3 is 2.89 bits per heavy atom. The zero-order valence-corrected chi connectivity index (χ0v) is 12.9. The normalized spacial score (nSPS) is 14.5. The number of nitrogens with one attached hydrogen (secondary N) is 1. The lowest BCUT2D eigenvalue weighted by molar-refractivity contribution is -0.122. The number of amides is 1. The summed E-state index contributed by atoms with van der Waals surface area (Å²) in [6.45, 7) is 1.09. The van der Waals surface area contributed by atoms with Gasteiger partial charge in [0.2, 0.25) is 5.91 Å². The molecule has 0 atom stereocenters. The maximum Gasteiger partial charge on any atom is 0.234 e. The van der Waals surface area contributed by atoms with Crippen LogP contribution in [-0.4, -0.2) is 37.6 Å². The Morgan fingerprint density at radius 2 is 2.26 bits per heavy atom. The SMILES string of the molecule is COc1ccc(Br)cc1CN(C)CC(=O)NC1CC1. The van der Waals surface area contributed by atoms with E-state index in [-0.39, 0.29) is 5.91 Å². The van der Waals surface area contributed by atoms with Gasteiger partial charge in [-0.05, 0) is 38.1 Å². The Labute approximate surface area is 122 Å². The van der Waals surface area contributed by atoms with Crippen molar-refractivity contribution in [3.8, 4) is 5.75 Å². The molecule has 0 heterocycles. The Hall–Kier alpha value is -1.07. The third-order valence-electron chi connectivity index (χ3n) is 3.04. The molecule has 0 saturated heterocycles. The highest BCUT2D eigenvalue weighted by molar-refractivity contribution is 9.10. The summed E-state index contributed by atoms with van der Waals surface area (Å²) in [6, 6.07) is 6.31. The van der Waals surface area contributed by atoms with Crippen LogP contribution in [0.1, 0.15) is 18.4 Å². The van der Waals surface area contributed by atoms with E-state index < -0.39 is 0 Å². The predicted molar refractivity (Wildman–Crippen MR) is 78.2 cm³/mol. The molecule has 0 unspecified atom stereocenters. The first-order valence-electron chi connectivity index (χ1n) is 6.39. The second-order valence-corrected chi connectivity index (χ2v) is 5.89. The standard InChI is InChI=1S/C14H19BrN2O2/c1-17(9-14(18)16-12-4-5-12)8-10-7-11(15)3-6-13(10)19-2/h3,6-7,12H,4-5,8-9H2,1-2H3,(H,16,18). The summed E-state index contributed by atoms with van der Waals surface area (Å²) in [5.41, 5.74) is 1.07. The molecule has 4 nitrogen and oxygen atoms in total. The average Bonchev–Trinajstić information content (AvgIpc) is 3.12. The first-order chi connectivity index (χ1) is 9.08. The second-order valence-electron chi connectivity index (χ2n) is 4.97. The van der Waals surface area contributed by atoms with Crippen LogP contribution < -0.4 is 10.1 Å². The Bertz CT molecular complexity index is 461. The number of nitrogens with zero attached hydrogens (tertiary/aromatic N) is 1. The molecule has 1 amide bonds. The van der Waals surface area contributed by atoms with Gasteiger partial charge in [-0.15, -0.1) is 0 Å². The van der Waals surface area contributed by atoms with E-state index in [0.29, 0.717) is 19.1 Å². The number of carbonyl (C=O) groups is 1. The molecule has 0 spiro atoms. The summed E-state index contributed by atoms with van der Waals surface area (Å²) in [5.74, 6) is 0.941. The lowest BCUT2D eigenvalue weighted by Gasteiger charge is -2.18. The minimum atomic E-state index is 0.0963. The van der Waals surface area contributed by atoms with Crippen molar-refractivity contribution >= 4 is 21.8 Å². The molecule has 1 aliphatic rings. The highest BCUT2D eigenvalue weighted by Gasteiger charge is 2.23. The van der Waals surface area contributed by atoms with Crippen molar-refractivity contribution in [2.75, 3.05) is 20.7 Å². The highest BCUT2D eigenvalue weighted by atomic mass is 79.9. The molecule has 1 N–H and O–H groups in total. The van der Waals surface area contributed by atoms with E-state index in [2.05, 4.69) is 21.2 Å². The molecule has 0 radical (unpaired) electrons. The fraction of sp³-hybridized carbons (Fsp3) is 0.500. The van der Waals surface area contributed by atoms with E-state index in [1.165, 1.54) is 0 Å². The van der Waals surface area contributed by atoms with Crippen LogP contribution in [0.4, 0.5) is 0 Å². The van der Waals surface area contributed by atoms with Gasteiger partial charge in [0.25, 0.3) is 0 Å². The lowest BCUT2D eigenvalue weighted by atomic mass is 10.2. The molecule has 1 aliphatic carbocycles. The van der Waals surface area contributed by atoms with Crippen molar-refractivity contribution in [3.05, 3.63) is 28.2 Å². The first-order valence-corrected chi connectivity index (χ1v) is 7.18. The van der Waals surface area contributed by atoms with E-state index in [9.17, 15) is 4.79 Å². The number of halogens is 1. The van der Waals surface area contributed by atoms with Gasteiger partial charge in [0, 0.05) is 22.6 Å². The molecule has 2 rings (SSSR count). The van der Waals surface area contributed by atoms with E-state index in [0.717, 1.165) is 28.6 Å². The van der Waals surface area contributed by atoms with Crippen LogP contribution in [0, 0.1) is 0 Å². The monoisotopic (exact) mass is 326 g/mol. The minimum absolute atomic E-state index is 0.0963. The molecule has 1 aromatic carbocycles. The maximum absolute atomic E-state index is 11.7. The summed E-state index contributed by atoms with van der Waals surface area (Å²) >= 11 is 3.45. The smallest absolute Gasteiger partial charge is 0.234 e. The van der Waals surface area contributed by atoms with Gasteiger partial charge in [-0.2, -0.15) is 0 Å². The van der Waals surface area contributed by atoms with Crippen molar-refractivity contribution in [1.82, 2.24) is 10.2 Å². The predicted octanol–water partition coefficient (Wildman–Crippen LogP) is 2.17. The van der Waals surface area contributed by atoms with Gasteiger partial charge in [0.1, 0.15) is 5.75 Å². The minimum Gasteiger partial charge on any atom is -0.496 e. The Balaban J connectivity index is 1.91. The van der Waals surface area contributed by atoms with Crippen LogP contribution >= 0.6 is 15.9 Å². The molecule has 1 saturated carbocycles. The zero-order chi connectivity index (χ0) is 13.8. The third kappa shape index (κ3) is 4.51. The topological polar surface area (TPSA) is 41.6 Å². The third-order valence-corrected chi connectivity index (χ3v) is 3.53. The van der Waals surface area contributed by atoms with Gasteiger partial charge in [0.05, 0.1) is 13.7 Å². The van der Waals surface area contributed by atoms with E-state index in [4.69, 9.17) is 4.74 Å². The lowest BCUT2D eigenvalue weighted by Crippen LogP contribution is -2.36. The summed E-state index contributed by atoms with van der Waals surface area (Å²) in [7, 11) is 3.60. The summed E-state index contributed by atoms with van der Waals surface area (Å²) < 4.78 is 6.35. The number of benzene rings is 1. The number of hydrogen-bond acceptors (Lipinski definition) is 3. The number of ether oxygens (including phenoxy) is 1. The Kier molecular flexibility index (Phi) is 4.82. The van der Waals surface area contributed by atoms with Crippen LogP contribution in [-0.2, 0) is 11.3 Å². The highest BCUT2D eigenvalue weighted by Crippen LogP contribution is 2.24. The summed E-state index contributed by atoms with van der Waals surface area (Å²) in [6.07, 6.45) is 2.24. The van der Waals surface area contributed by atoms with Gasteiger partial charge >= 0.3 is 0 Å². The quantitative estimate of drug-likeness (QED) is 0.871. The number of methoxy groups -OCH3 is 1. The van der Waals surface area contributed by atoms with Crippen molar-refractivity contribution in [2.24, 2.45) is 0 Å². The Morgan fingerprint density at radius 1 is 1.53 bits per heavy atom. The van der Waals surface area contributed by atoms with Crippen LogP contribution in [0.3, 0.4) is 0 Å². The molecule has 0 bridgehead atoms. The van der Waals surface area contributed by atoms with Crippen LogP contribution in [0.15, 0.2) is 22.7 Å². The number of hydrogen-bond donors (Lipinski definition) is 1. The summed E-state index contributed by atoms with van der Waals surface area (Å²) in [5, 5.41) is 2.99. The molecule has 1 aromatic rings. The largest absolute Gasteiger partial charge is 0.496 e. The van der Waals surface area contributed by atoms with Crippen LogP contribution in [0.25, 0.3) is 0 Å². The first kappa shape index (κ1) is 14.3. The number of carbonyl (C=O) groups excluding carboxylic acids is 1. The maximum atomic E-state index is 11.7. The van der Waals surface area contributed by atoms with Gasteiger partial charge < -0.3 is 10.1 Å². The molecule has 1 fully saturated rings. The molecule has 104 valence electrons. The fourth-order valence-electron chi connectivity index (χ4n) is 1.96. The van der Waals surface area contributed by atoms with Crippen molar-refractivity contribution in [3.63, 3.8) is 0 Å². The van der Waals surface area contributed by atoms with Crippen molar-refractivity contribution in [2.45, 2.75) is 25.4 Å². The number of likely N-dealkylation sites (N-methyl/N-ethyl adjacent to an activating group) is 1. The van der Waals surface area contributed by atoms with E-state index >= 15 is 0 Å².